The molecule has 2 N–H and O–H groups in total. The summed E-state index contributed by atoms with van der Waals surface area (Å²) in [5.74, 6) is 0. The lowest BCUT2D eigenvalue weighted by atomic mass is 9.96. The van der Waals surface area contributed by atoms with Crippen molar-refractivity contribution in [3.05, 3.63) is 29.8 Å². The third-order valence-electron chi connectivity index (χ3n) is 3.60. The van der Waals surface area contributed by atoms with E-state index in [4.69, 9.17) is 5.73 Å². The van der Waals surface area contributed by atoms with Crippen molar-refractivity contribution < 1.29 is 21.6 Å². The van der Waals surface area contributed by atoms with E-state index in [0.717, 1.165) is 12.1 Å². The van der Waals surface area contributed by atoms with Crippen molar-refractivity contribution in [3.8, 4) is 0 Å². The first kappa shape index (κ1) is 15.3. The molecule has 1 aromatic carbocycles. The smallest absolute Gasteiger partial charge is 0.328 e. The SMILES string of the molecule is NC1CCCC(S(=O)(=O)c2ccccc2C(F)(F)F)C1. The Bertz CT molecular complexity index is 584. The molecule has 7 heteroatoms. The molecule has 1 saturated carbocycles. The van der Waals surface area contributed by atoms with Crippen LogP contribution >= 0.6 is 0 Å². The van der Waals surface area contributed by atoms with Crippen LogP contribution < -0.4 is 5.73 Å². The van der Waals surface area contributed by atoms with E-state index >= 15 is 0 Å². The Morgan fingerprint density at radius 1 is 1.15 bits per heavy atom. The Labute approximate surface area is 115 Å². The number of nitrogens with two attached hydrogens (primary N) is 1. The van der Waals surface area contributed by atoms with Gasteiger partial charge < -0.3 is 5.73 Å². The molecule has 0 radical (unpaired) electrons. The highest BCUT2D eigenvalue weighted by Crippen LogP contribution is 2.37. The molecule has 2 atom stereocenters. The highest BCUT2D eigenvalue weighted by atomic mass is 32.2. The van der Waals surface area contributed by atoms with Crippen LogP contribution in [0.15, 0.2) is 29.2 Å². The summed E-state index contributed by atoms with van der Waals surface area (Å²) in [6.07, 6.45) is -2.76. The molecule has 2 unspecified atom stereocenters. The molecule has 1 aliphatic carbocycles. The van der Waals surface area contributed by atoms with E-state index in [2.05, 4.69) is 0 Å². The fourth-order valence-electron chi connectivity index (χ4n) is 2.59. The zero-order valence-corrected chi connectivity index (χ0v) is 11.5. The van der Waals surface area contributed by atoms with Crippen LogP contribution in [0.4, 0.5) is 13.2 Å². The van der Waals surface area contributed by atoms with Gasteiger partial charge in [0.05, 0.1) is 15.7 Å². The molecule has 0 amide bonds. The summed E-state index contributed by atoms with van der Waals surface area (Å²) in [4.78, 5) is -0.633. The number of benzene rings is 1. The van der Waals surface area contributed by atoms with E-state index in [-0.39, 0.29) is 12.5 Å². The van der Waals surface area contributed by atoms with Gasteiger partial charge in [-0.05, 0) is 31.4 Å². The quantitative estimate of drug-likeness (QED) is 0.914. The molecule has 1 aliphatic rings. The van der Waals surface area contributed by atoms with Gasteiger partial charge in [0.2, 0.25) is 0 Å². The summed E-state index contributed by atoms with van der Waals surface area (Å²) in [5, 5.41) is -0.824. The number of hydrogen-bond acceptors (Lipinski definition) is 3. The van der Waals surface area contributed by atoms with E-state index < -0.39 is 31.7 Å². The minimum atomic E-state index is -4.68. The summed E-state index contributed by atoms with van der Waals surface area (Å²) in [6.45, 7) is 0. The van der Waals surface area contributed by atoms with Gasteiger partial charge in [-0.25, -0.2) is 8.42 Å². The largest absolute Gasteiger partial charge is 0.417 e. The first-order valence-electron chi connectivity index (χ1n) is 6.38. The van der Waals surface area contributed by atoms with Crippen LogP contribution in [0, 0.1) is 0 Å². The van der Waals surface area contributed by atoms with Gasteiger partial charge in [0.15, 0.2) is 9.84 Å². The first-order valence-corrected chi connectivity index (χ1v) is 7.93. The monoisotopic (exact) mass is 307 g/mol. The zero-order chi connectivity index (χ0) is 15.0. The Balaban J connectivity index is 2.45. The lowest BCUT2D eigenvalue weighted by molar-refractivity contribution is -0.139. The fourth-order valence-corrected chi connectivity index (χ4v) is 4.69. The number of halogens is 3. The zero-order valence-electron chi connectivity index (χ0n) is 10.7. The van der Waals surface area contributed by atoms with E-state index in [0.29, 0.717) is 19.3 Å². The van der Waals surface area contributed by atoms with Crippen LogP contribution in [0.3, 0.4) is 0 Å². The van der Waals surface area contributed by atoms with Crippen molar-refractivity contribution in [1.29, 1.82) is 0 Å². The molecule has 0 aromatic heterocycles. The van der Waals surface area contributed by atoms with E-state index in [1.807, 2.05) is 0 Å². The molecule has 20 heavy (non-hydrogen) atoms. The second-order valence-corrected chi connectivity index (χ2v) is 7.28. The van der Waals surface area contributed by atoms with Crippen LogP contribution in [0.5, 0.6) is 0 Å². The van der Waals surface area contributed by atoms with E-state index in [1.54, 1.807) is 0 Å². The Morgan fingerprint density at radius 2 is 1.80 bits per heavy atom. The van der Waals surface area contributed by atoms with Crippen LogP contribution in [-0.2, 0) is 16.0 Å². The number of alkyl halides is 3. The number of hydrogen-bond donors (Lipinski definition) is 1. The van der Waals surface area contributed by atoms with Crippen LogP contribution in [-0.4, -0.2) is 19.7 Å². The van der Waals surface area contributed by atoms with Crippen molar-refractivity contribution in [2.45, 2.75) is 48.0 Å². The second kappa shape index (κ2) is 5.37. The maximum atomic E-state index is 12.9. The Morgan fingerprint density at radius 3 is 2.40 bits per heavy atom. The number of rotatable bonds is 2. The normalized spacial score (nSPS) is 24.6. The molecular weight excluding hydrogens is 291 g/mol. The van der Waals surface area contributed by atoms with Crippen molar-refractivity contribution >= 4 is 9.84 Å². The molecule has 0 spiro atoms. The predicted octanol–water partition coefficient (Wildman–Crippen LogP) is 2.75. The van der Waals surface area contributed by atoms with Crippen LogP contribution in [0.25, 0.3) is 0 Å². The summed E-state index contributed by atoms with van der Waals surface area (Å²) in [7, 11) is -4.01. The molecule has 0 heterocycles. The van der Waals surface area contributed by atoms with Crippen molar-refractivity contribution in [1.82, 2.24) is 0 Å². The molecule has 1 fully saturated rings. The van der Waals surface area contributed by atoms with Gasteiger partial charge in [-0.3, -0.25) is 0 Å². The highest BCUT2D eigenvalue weighted by molar-refractivity contribution is 7.92. The molecule has 1 aromatic rings. The lowest BCUT2D eigenvalue weighted by Gasteiger charge is -2.27. The Hall–Kier alpha value is -1.08. The van der Waals surface area contributed by atoms with Gasteiger partial charge in [0, 0.05) is 6.04 Å². The van der Waals surface area contributed by atoms with Crippen molar-refractivity contribution in [3.63, 3.8) is 0 Å². The maximum Gasteiger partial charge on any atom is 0.417 e. The molecule has 0 bridgehead atoms. The van der Waals surface area contributed by atoms with Crippen LogP contribution in [0.2, 0.25) is 0 Å². The highest BCUT2D eigenvalue weighted by Gasteiger charge is 2.40. The van der Waals surface area contributed by atoms with Gasteiger partial charge in [0.25, 0.3) is 0 Å². The van der Waals surface area contributed by atoms with Crippen molar-refractivity contribution in [2.24, 2.45) is 5.73 Å². The summed E-state index contributed by atoms with van der Waals surface area (Å²) in [6, 6.07) is 4.06. The van der Waals surface area contributed by atoms with Gasteiger partial charge in [0.1, 0.15) is 0 Å². The number of sulfone groups is 1. The molecular formula is C13H16F3NO2S. The van der Waals surface area contributed by atoms with Gasteiger partial charge in [-0.2, -0.15) is 13.2 Å². The van der Waals surface area contributed by atoms with Gasteiger partial charge in [-0.15, -0.1) is 0 Å². The standard InChI is InChI=1S/C13H16F3NO2S/c14-13(15,16)11-6-1-2-7-12(11)20(18,19)10-5-3-4-9(17)8-10/h1-2,6-7,9-10H,3-5,8,17H2. The van der Waals surface area contributed by atoms with Crippen LogP contribution in [0.1, 0.15) is 31.2 Å². The van der Waals surface area contributed by atoms with E-state index in [9.17, 15) is 21.6 Å². The van der Waals surface area contributed by atoms with E-state index in [1.165, 1.54) is 12.1 Å². The lowest BCUT2D eigenvalue weighted by Crippen LogP contribution is -2.36. The minimum Gasteiger partial charge on any atom is -0.328 e. The fraction of sp³-hybridized carbons (Fsp3) is 0.538. The summed E-state index contributed by atoms with van der Waals surface area (Å²) < 4.78 is 63.7. The third-order valence-corrected chi connectivity index (χ3v) is 5.88. The van der Waals surface area contributed by atoms with Gasteiger partial charge >= 0.3 is 6.18 Å². The third kappa shape index (κ3) is 2.98. The molecule has 112 valence electrons. The molecule has 0 aliphatic heterocycles. The molecule has 3 nitrogen and oxygen atoms in total. The molecule has 2 rings (SSSR count). The Kier molecular flexibility index (Phi) is 4.11. The summed E-state index contributed by atoms with van der Waals surface area (Å²) >= 11 is 0. The summed E-state index contributed by atoms with van der Waals surface area (Å²) in [5.41, 5.74) is 4.64. The average Bonchev–Trinajstić information content (AvgIpc) is 2.38. The molecule has 0 saturated heterocycles. The average molecular weight is 307 g/mol. The minimum absolute atomic E-state index is 0.217. The second-order valence-electron chi connectivity index (χ2n) is 5.09. The first-order chi connectivity index (χ1) is 9.23. The predicted molar refractivity (Wildman–Crippen MR) is 68.9 cm³/mol. The topological polar surface area (TPSA) is 60.2 Å². The van der Waals surface area contributed by atoms with Crippen molar-refractivity contribution in [2.75, 3.05) is 0 Å². The maximum absolute atomic E-state index is 12.9. The van der Waals surface area contributed by atoms with Gasteiger partial charge in [-0.1, -0.05) is 18.6 Å².